The minimum absolute atomic E-state index is 0.242. The van der Waals surface area contributed by atoms with Gasteiger partial charge in [-0.1, -0.05) is 30.3 Å². The highest BCUT2D eigenvalue weighted by molar-refractivity contribution is 5.78. The molecule has 0 aromatic heterocycles. The van der Waals surface area contributed by atoms with Crippen molar-refractivity contribution in [1.82, 2.24) is 9.80 Å². The number of hydrogen-bond donors (Lipinski definition) is 1. The van der Waals surface area contributed by atoms with Crippen LogP contribution in [0.3, 0.4) is 0 Å². The number of nitrogens with zero attached hydrogens (tertiary/aromatic N) is 3. The van der Waals surface area contributed by atoms with E-state index in [0.29, 0.717) is 30.8 Å². The lowest BCUT2D eigenvalue weighted by atomic mass is 10.1. The zero-order valence-corrected chi connectivity index (χ0v) is 17.2. The zero-order chi connectivity index (χ0) is 20.2. The number of anilines is 1. The maximum Gasteiger partial charge on any atom is 0.237 e. The van der Waals surface area contributed by atoms with E-state index in [4.69, 9.17) is 0 Å². The van der Waals surface area contributed by atoms with Crippen LogP contribution in [0.25, 0.3) is 0 Å². The van der Waals surface area contributed by atoms with E-state index in [1.807, 2.05) is 30.3 Å². The predicted molar refractivity (Wildman–Crippen MR) is 116 cm³/mol. The van der Waals surface area contributed by atoms with Crippen molar-refractivity contribution in [1.29, 1.82) is 0 Å². The van der Waals surface area contributed by atoms with Crippen molar-refractivity contribution in [3.05, 3.63) is 60.2 Å². The molecule has 2 fully saturated rings. The Morgan fingerprint density at radius 1 is 1.03 bits per heavy atom. The summed E-state index contributed by atoms with van der Waals surface area (Å²) in [5.41, 5.74) is 2.33. The smallest absolute Gasteiger partial charge is 0.237 e. The standard InChI is InChI=1S/C24H31N3O2/c1-19(21-7-8-21)27(17-20-5-3-2-4-6-20)24(29)18-25-13-15-26(16-14-25)22-9-11-23(28)12-10-22/h2-6,9-12,19,21,28H,7-8,13-18H2,1H3/t19-/m0/s1. The highest BCUT2D eigenvalue weighted by Crippen LogP contribution is 2.35. The number of amides is 1. The Balaban J connectivity index is 1.34. The molecule has 1 atom stereocenters. The second-order valence-electron chi connectivity index (χ2n) is 8.36. The molecule has 0 unspecified atom stereocenters. The van der Waals surface area contributed by atoms with Crippen molar-refractivity contribution in [2.45, 2.75) is 32.4 Å². The second-order valence-corrected chi connectivity index (χ2v) is 8.36. The Hall–Kier alpha value is -2.53. The molecule has 4 rings (SSSR count). The molecule has 1 N–H and O–H groups in total. The topological polar surface area (TPSA) is 47.0 Å². The molecular weight excluding hydrogens is 362 g/mol. The van der Waals surface area contributed by atoms with Gasteiger partial charge in [-0.15, -0.1) is 0 Å². The van der Waals surface area contributed by atoms with Crippen LogP contribution in [0, 0.1) is 5.92 Å². The predicted octanol–water partition coefficient (Wildman–Crippen LogP) is 3.34. The number of benzene rings is 2. The van der Waals surface area contributed by atoms with Crippen molar-refractivity contribution >= 4 is 11.6 Å². The van der Waals surface area contributed by atoms with Crippen LogP contribution in [0.15, 0.2) is 54.6 Å². The van der Waals surface area contributed by atoms with Gasteiger partial charge in [0, 0.05) is 44.5 Å². The number of phenols is 1. The van der Waals surface area contributed by atoms with Crippen LogP contribution in [0.5, 0.6) is 5.75 Å². The van der Waals surface area contributed by atoms with Gasteiger partial charge in [-0.3, -0.25) is 9.69 Å². The SMILES string of the molecule is C[C@@H](C1CC1)N(Cc1ccccc1)C(=O)CN1CCN(c2ccc(O)cc2)CC1. The Morgan fingerprint density at radius 2 is 1.69 bits per heavy atom. The number of piperazine rings is 1. The van der Waals surface area contributed by atoms with Crippen LogP contribution in [0.4, 0.5) is 5.69 Å². The van der Waals surface area contributed by atoms with Crippen molar-refractivity contribution in [2.24, 2.45) is 5.92 Å². The Labute approximate surface area is 173 Å². The summed E-state index contributed by atoms with van der Waals surface area (Å²) in [5, 5.41) is 9.47. The van der Waals surface area contributed by atoms with Gasteiger partial charge in [0.1, 0.15) is 5.75 Å². The minimum Gasteiger partial charge on any atom is -0.508 e. The third kappa shape index (κ3) is 5.10. The van der Waals surface area contributed by atoms with Gasteiger partial charge in [0.25, 0.3) is 0 Å². The summed E-state index contributed by atoms with van der Waals surface area (Å²) in [5.74, 6) is 1.20. The van der Waals surface area contributed by atoms with Gasteiger partial charge in [0.15, 0.2) is 0 Å². The molecule has 1 aliphatic heterocycles. The molecule has 2 aliphatic rings. The Morgan fingerprint density at radius 3 is 2.31 bits per heavy atom. The Kier molecular flexibility index (Phi) is 6.05. The van der Waals surface area contributed by atoms with E-state index in [0.717, 1.165) is 31.9 Å². The van der Waals surface area contributed by atoms with Crippen LogP contribution in [0.2, 0.25) is 0 Å². The summed E-state index contributed by atoms with van der Waals surface area (Å²) in [6.45, 7) is 6.95. The molecule has 29 heavy (non-hydrogen) atoms. The molecule has 1 saturated carbocycles. The highest BCUT2D eigenvalue weighted by Gasteiger charge is 2.35. The summed E-state index contributed by atoms with van der Waals surface area (Å²) in [7, 11) is 0. The molecule has 1 aliphatic carbocycles. The molecule has 1 saturated heterocycles. The molecular formula is C24H31N3O2. The number of aromatic hydroxyl groups is 1. The molecule has 2 aromatic carbocycles. The molecule has 2 aromatic rings. The van der Waals surface area contributed by atoms with E-state index in [9.17, 15) is 9.90 Å². The minimum atomic E-state index is 0.242. The summed E-state index contributed by atoms with van der Waals surface area (Å²) in [6.07, 6.45) is 2.48. The quantitative estimate of drug-likeness (QED) is 0.784. The monoisotopic (exact) mass is 393 g/mol. The van der Waals surface area contributed by atoms with Gasteiger partial charge in [-0.25, -0.2) is 0 Å². The lowest BCUT2D eigenvalue weighted by Crippen LogP contribution is -2.51. The third-order valence-corrected chi connectivity index (χ3v) is 6.26. The highest BCUT2D eigenvalue weighted by atomic mass is 16.3. The average Bonchev–Trinajstić information content (AvgIpc) is 3.59. The summed E-state index contributed by atoms with van der Waals surface area (Å²) < 4.78 is 0. The number of hydrogen-bond acceptors (Lipinski definition) is 4. The zero-order valence-electron chi connectivity index (χ0n) is 17.2. The van der Waals surface area contributed by atoms with Gasteiger partial charge < -0.3 is 14.9 Å². The number of carbonyl (C=O) groups is 1. The van der Waals surface area contributed by atoms with Crippen LogP contribution in [0.1, 0.15) is 25.3 Å². The van der Waals surface area contributed by atoms with Gasteiger partial charge >= 0.3 is 0 Å². The molecule has 1 heterocycles. The molecule has 5 heteroatoms. The van der Waals surface area contributed by atoms with Crippen molar-refractivity contribution in [2.75, 3.05) is 37.6 Å². The first-order valence-corrected chi connectivity index (χ1v) is 10.7. The van der Waals surface area contributed by atoms with Gasteiger partial charge in [-0.05, 0) is 55.5 Å². The summed E-state index contributed by atoms with van der Waals surface area (Å²) in [4.78, 5) is 19.9. The van der Waals surface area contributed by atoms with Crippen LogP contribution >= 0.6 is 0 Å². The van der Waals surface area contributed by atoms with Crippen molar-refractivity contribution in [3.63, 3.8) is 0 Å². The van der Waals surface area contributed by atoms with E-state index in [-0.39, 0.29) is 5.91 Å². The van der Waals surface area contributed by atoms with E-state index >= 15 is 0 Å². The van der Waals surface area contributed by atoms with E-state index in [2.05, 4.69) is 33.8 Å². The van der Waals surface area contributed by atoms with Crippen molar-refractivity contribution in [3.8, 4) is 5.75 Å². The molecule has 0 spiro atoms. The number of carbonyl (C=O) groups excluding carboxylic acids is 1. The average molecular weight is 394 g/mol. The second kappa shape index (κ2) is 8.87. The third-order valence-electron chi connectivity index (χ3n) is 6.26. The molecule has 0 radical (unpaired) electrons. The van der Waals surface area contributed by atoms with Gasteiger partial charge in [0.2, 0.25) is 5.91 Å². The first kappa shape index (κ1) is 19.8. The van der Waals surface area contributed by atoms with Crippen LogP contribution < -0.4 is 4.90 Å². The largest absolute Gasteiger partial charge is 0.508 e. The molecule has 5 nitrogen and oxygen atoms in total. The lowest BCUT2D eigenvalue weighted by molar-refractivity contribution is -0.135. The number of rotatable bonds is 7. The summed E-state index contributed by atoms with van der Waals surface area (Å²) >= 11 is 0. The number of phenolic OH excluding ortho intramolecular Hbond substituents is 1. The Bertz CT molecular complexity index is 797. The first-order chi connectivity index (χ1) is 14.1. The fourth-order valence-electron chi connectivity index (χ4n) is 4.18. The fraction of sp³-hybridized carbons (Fsp3) is 0.458. The maximum absolute atomic E-state index is 13.2. The first-order valence-electron chi connectivity index (χ1n) is 10.7. The van der Waals surface area contributed by atoms with E-state index in [1.54, 1.807) is 12.1 Å². The maximum atomic E-state index is 13.2. The van der Waals surface area contributed by atoms with Gasteiger partial charge in [0.05, 0.1) is 6.54 Å². The van der Waals surface area contributed by atoms with E-state index < -0.39 is 0 Å². The van der Waals surface area contributed by atoms with Crippen molar-refractivity contribution < 1.29 is 9.90 Å². The fourth-order valence-corrected chi connectivity index (χ4v) is 4.18. The van der Waals surface area contributed by atoms with Crippen LogP contribution in [-0.4, -0.2) is 59.6 Å². The summed E-state index contributed by atoms with van der Waals surface area (Å²) in [6, 6.07) is 18.0. The van der Waals surface area contributed by atoms with Gasteiger partial charge in [-0.2, -0.15) is 0 Å². The van der Waals surface area contributed by atoms with Crippen LogP contribution in [-0.2, 0) is 11.3 Å². The molecule has 1 amide bonds. The van der Waals surface area contributed by atoms with E-state index in [1.165, 1.54) is 18.4 Å². The normalized spacial score (nSPS) is 18.4. The lowest BCUT2D eigenvalue weighted by Gasteiger charge is -2.37. The molecule has 0 bridgehead atoms. The molecule has 154 valence electrons.